The molecule has 0 unspecified atom stereocenters. The largest absolute Gasteiger partial charge is 0.311 e. The second-order valence-corrected chi connectivity index (χ2v) is 6.01. The molecule has 0 spiro atoms. The molecule has 0 fully saturated rings. The number of hydrogen-bond acceptors (Lipinski definition) is 2. The first kappa shape index (κ1) is 14.7. The lowest BCUT2D eigenvalue weighted by Gasteiger charge is -2.16. The SMILES string of the molecule is CC(C)Cc1ccc(CNCC(C)(C)C#N)cc1. The van der Waals surface area contributed by atoms with Crippen LogP contribution in [0.1, 0.15) is 38.8 Å². The number of nitrogens with zero attached hydrogens (tertiary/aromatic N) is 1. The van der Waals surface area contributed by atoms with Crippen LogP contribution in [0, 0.1) is 22.7 Å². The summed E-state index contributed by atoms with van der Waals surface area (Å²) in [6.07, 6.45) is 1.13. The van der Waals surface area contributed by atoms with E-state index < -0.39 is 0 Å². The fourth-order valence-corrected chi connectivity index (χ4v) is 1.82. The van der Waals surface area contributed by atoms with Gasteiger partial charge in [0.25, 0.3) is 0 Å². The molecule has 0 saturated carbocycles. The van der Waals surface area contributed by atoms with E-state index in [2.05, 4.69) is 49.5 Å². The summed E-state index contributed by atoms with van der Waals surface area (Å²) in [5.41, 5.74) is 2.37. The fourth-order valence-electron chi connectivity index (χ4n) is 1.82. The highest BCUT2D eigenvalue weighted by Crippen LogP contribution is 2.12. The summed E-state index contributed by atoms with van der Waals surface area (Å²) in [5, 5.41) is 12.3. The van der Waals surface area contributed by atoms with Crippen LogP contribution >= 0.6 is 0 Å². The van der Waals surface area contributed by atoms with Crippen molar-refractivity contribution in [3.63, 3.8) is 0 Å². The monoisotopic (exact) mass is 244 g/mol. The van der Waals surface area contributed by atoms with E-state index in [1.807, 2.05) is 13.8 Å². The highest BCUT2D eigenvalue weighted by atomic mass is 14.9. The lowest BCUT2D eigenvalue weighted by Crippen LogP contribution is -2.27. The highest BCUT2D eigenvalue weighted by molar-refractivity contribution is 5.22. The van der Waals surface area contributed by atoms with Gasteiger partial charge >= 0.3 is 0 Å². The third-order valence-electron chi connectivity index (χ3n) is 2.87. The Labute approximate surface area is 111 Å². The lowest BCUT2D eigenvalue weighted by molar-refractivity contribution is 0.445. The van der Waals surface area contributed by atoms with Crippen molar-refractivity contribution in [3.8, 4) is 6.07 Å². The maximum absolute atomic E-state index is 8.92. The molecule has 1 rings (SSSR count). The van der Waals surface area contributed by atoms with Crippen LogP contribution in [0.3, 0.4) is 0 Å². The van der Waals surface area contributed by atoms with Crippen molar-refractivity contribution < 1.29 is 0 Å². The van der Waals surface area contributed by atoms with E-state index in [0.717, 1.165) is 19.5 Å². The first-order chi connectivity index (χ1) is 8.43. The van der Waals surface area contributed by atoms with Crippen LogP contribution in [0.4, 0.5) is 0 Å². The Morgan fingerprint density at radius 1 is 1.17 bits per heavy atom. The summed E-state index contributed by atoms with van der Waals surface area (Å²) in [4.78, 5) is 0. The summed E-state index contributed by atoms with van der Waals surface area (Å²) >= 11 is 0. The van der Waals surface area contributed by atoms with Gasteiger partial charge in [-0.25, -0.2) is 0 Å². The van der Waals surface area contributed by atoms with Gasteiger partial charge in [-0.05, 0) is 37.3 Å². The lowest BCUT2D eigenvalue weighted by atomic mass is 9.96. The molecule has 0 aliphatic carbocycles. The molecule has 0 radical (unpaired) electrons. The normalized spacial score (nSPS) is 11.6. The molecule has 2 heteroatoms. The molecular formula is C16H24N2. The van der Waals surface area contributed by atoms with Gasteiger partial charge in [-0.3, -0.25) is 0 Å². The number of rotatable bonds is 6. The Hall–Kier alpha value is -1.33. The molecule has 98 valence electrons. The molecule has 0 amide bonds. The maximum Gasteiger partial charge on any atom is 0.0697 e. The minimum Gasteiger partial charge on any atom is -0.311 e. The van der Waals surface area contributed by atoms with Gasteiger partial charge in [-0.2, -0.15) is 5.26 Å². The van der Waals surface area contributed by atoms with Crippen molar-refractivity contribution in [1.82, 2.24) is 5.32 Å². The smallest absolute Gasteiger partial charge is 0.0697 e. The average Bonchev–Trinajstić information content (AvgIpc) is 2.30. The molecule has 1 aromatic rings. The summed E-state index contributed by atoms with van der Waals surface area (Å²) in [6, 6.07) is 11.0. The quantitative estimate of drug-likeness (QED) is 0.831. The summed E-state index contributed by atoms with van der Waals surface area (Å²) in [5.74, 6) is 0.699. The van der Waals surface area contributed by atoms with Crippen molar-refractivity contribution in [2.45, 2.75) is 40.7 Å². The minimum absolute atomic E-state index is 0.294. The summed E-state index contributed by atoms with van der Waals surface area (Å²) in [6.45, 7) is 9.92. The Morgan fingerprint density at radius 2 is 1.72 bits per heavy atom. The van der Waals surface area contributed by atoms with Crippen molar-refractivity contribution in [2.75, 3.05) is 6.54 Å². The molecule has 2 nitrogen and oxygen atoms in total. The molecule has 0 saturated heterocycles. The van der Waals surface area contributed by atoms with Gasteiger partial charge in [0.1, 0.15) is 0 Å². The molecule has 1 N–H and O–H groups in total. The van der Waals surface area contributed by atoms with E-state index in [1.54, 1.807) is 0 Å². The second kappa shape index (κ2) is 6.56. The van der Waals surface area contributed by atoms with Crippen molar-refractivity contribution in [1.29, 1.82) is 5.26 Å². The van der Waals surface area contributed by atoms with Crippen LogP contribution in [-0.4, -0.2) is 6.54 Å². The van der Waals surface area contributed by atoms with Gasteiger partial charge in [0.2, 0.25) is 0 Å². The molecule has 0 atom stereocenters. The zero-order valence-corrected chi connectivity index (χ0v) is 12.0. The van der Waals surface area contributed by atoms with Gasteiger partial charge < -0.3 is 5.32 Å². The summed E-state index contributed by atoms with van der Waals surface area (Å²) in [7, 11) is 0. The van der Waals surface area contributed by atoms with Crippen LogP contribution in [-0.2, 0) is 13.0 Å². The van der Waals surface area contributed by atoms with E-state index in [-0.39, 0.29) is 5.41 Å². The molecule has 0 heterocycles. The first-order valence-corrected chi connectivity index (χ1v) is 6.63. The van der Waals surface area contributed by atoms with E-state index in [0.29, 0.717) is 5.92 Å². The van der Waals surface area contributed by atoms with Crippen LogP contribution in [0.2, 0.25) is 0 Å². The zero-order chi connectivity index (χ0) is 13.6. The predicted octanol–water partition coefficient (Wildman–Crippen LogP) is 3.52. The molecule has 0 aliphatic rings. The minimum atomic E-state index is -0.294. The maximum atomic E-state index is 8.92. The van der Waals surface area contributed by atoms with Crippen molar-refractivity contribution in [3.05, 3.63) is 35.4 Å². The van der Waals surface area contributed by atoms with Gasteiger partial charge in [0.05, 0.1) is 11.5 Å². The second-order valence-electron chi connectivity index (χ2n) is 6.01. The standard InChI is InChI=1S/C16H24N2/c1-13(2)9-14-5-7-15(8-6-14)10-18-12-16(3,4)11-17/h5-8,13,18H,9-10,12H2,1-4H3. The van der Waals surface area contributed by atoms with Gasteiger partial charge in [-0.15, -0.1) is 0 Å². The Kier molecular flexibility index (Phi) is 5.37. The number of benzene rings is 1. The van der Waals surface area contributed by atoms with Crippen LogP contribution in [0.5, 0.6) is 0 Å². The average molecular weight is 244 g/mol. The third kappa shape index (κ3) is 5.33. The molecule has 1 aromatic carbocycles. The number of hydrogen-bond donors (Lipinski definition) is 1. The Balaban J connectivity index is 2.43. The van der Waals surface area contributed by atoms with Gasteiger partial charge in [0, 0.05) is 13.1 Å². The third-order valence-corrected chi connectivity index (χ3v) is 2.87. The van der Waals surface area contributed by atoms with Crippen molar-refractivity contribution in [2.24, 2.45) is 11.3 Å². The van der Waals surface area contributed by atoms with E-state index >= 15 is 0 Å². The number of nitrogens with one attached hydrogen (secondary N) is 1. The fraction of sp³-hybridized carbons (Fsp3) is 0.562. The topological polar surface area (TPSA) is 35.8 Å². The first-order valence-electron chi connectivity index (χ1n) is 6.63. The molecule has 0 aromatic heterocycles. The Morgan fingerprint density at radius 3 is 2.22 bits per heavy atom. The summed E-state index contributed by atoms with van der Waals surface area (Å²) < 4.78 is 0. The predicted molar refractivity (Wildman–Crippen MR) is 76.1 cm³/mol. The van der Waals surface area contributed by atoms with E-state index in [4.69, 9.17) is 5.26 Å². The molecule has 18 heavy (non-hydrogen) atoms. The number of nitriles is 1. The zero-order valence-electron chi connectivity index (χ0n) is 12.0. The van der Waals surface area contributed by atoms with Crippen LogP contribution in [0.25, 0.3) is 0 Å². The van der Waals surface area contributed by atoms with Crippen molar-refractivity contribution >= 4 is 0 Å². The van der Waals surface area contributed by atoms with Gasteiger partial charge in [0.15, 0.2) is 0 Å². The van der Waals surface area contributed by atoms with E-state index in [9.17, 15) is 0 Å². The highest BCUT2D eigenvalue weighted by Gasteiger charge is 2.15. The molecular weight excluding hydrogens is 220 g/mol. The Bertz CT molecular complexity index is 396. The molecule has 0 bridgehead atoms. The van der Waals surface area contributed by atoms with Gasteiger partial charge in [-0.1, -0.05) is 38.1 Å². The molecule has 0 aliphatic heterocycles. The van der Waals surface area contributed by atoms with Crippen LogP contribution in [0.15, 0.2) is 24.3 Å². The van der Waals surface area contributed by atoms with E-state index in [1.165, 1.54) is 11.1 Å². The van der Waals surface area contributed by atoms with Crippen LogP contribution < -0.4 is 5.32 Å².